The summed E-state index contributed by atoms with van der Waals surface area (Å²) < 4.78 is 18.8. The molecule has 4 heteroatoms. The van der Waals surface area contributed by atoms with Crippen molar-refractivity contribution in [3.63, 3.8) is 0 Å². The summed E-state index contributed by atoms with van der Waals surface area (Å²) in [5, 5.41) is 11.3. The molecule has 2 unspecified atom stereocenters. The minimum atomic E-state index is -0.969. The van der Waals surface area contributed by atoms with E-state index in [0.717, 1.165) is 0 Å². The molecule has 0 saturated carbocycles. The standard InChI is InChI=1S/C14H16FNO2/c1-9-7-14(17,8-16(9)2)13-6-10-5-11(15)3-4-12(10)18-13/h3-6,9,17H,7-8H2,1-2H3. The average molecular weight is 249 g/mol. The van der Waals surface area contributed by atoms with Crippen LogP contribution in [-0.4, -0.2) is 29.6 Å². The smallest absolute Gasteiger partial charge is 0.138 e. The van der Waals surface area contributed by atoms with E-state index in [9.17, 15) is 9.50 Å². The topological polar surface area (TPSA) is 36.6 Å². The third-order valence-electron chi connectivity index (χ3n) is 3.83. The van der Waals surface area contributed by atoms with Gasteiger partial charge in [0, 0.05) is 18.0 Å². The Balaban J connectivity index is 2.04. The van der Waals surface area contributed by atoms with Crippen molar-refractivity contribution in [3.05, 3.63) is 35.8 Å². The monoisotopic (exact) mass is 249 g/mol. The molecule has 0 amide bonds. The zero-order valence-electron chi connectivity index (χ0n) is 10.5. The maximum absolute atomic E-state index is 13.1. The molecule has 0 bridgehead atoms. The van der Waals surface area contributed by atoms with Crippen molar-refractivity contribution in [1.29, 1.82) is 0 Å². The Labute approximate surface area is 105 Å². The van der Waals surface area contributed by atoms with Gasteiger partial charge in [-0.2, -0.15) is 0 Å². The third-order valence-corrected chi connectivity index (χ3v) is 3.83. The minimum absolute atomic E-state index is 0.293. The molecular formula is C14H16FNO2. The number of halogens is 1. The average Bonchev–Trinajstić information content (AvgIpc) is 2.81. The number of nitrogens with zero attached hydrogens (tertiary/aromatic N) is 1. The summed E-state index contributed by atoms with van der Waals surface area (Å²) in [7, 11) is 1.98. The van der Waals surface area contributed by atoms with Crippen molar-refractivity contribution in [2.75, 3.05) is 13.6 Å². The van der Waals surface area contributed by atoms with Gasteiger partial charge in [0.1, 0.15) is 22.8 Å². The summed E-state index contributed by atoms with van der Waals surface area (Å²) in [5.41, 5.74) is -0.356. The number of aliphatic hydroxyl groups is 1. The molecular weight excluding hydrogens is 233 g/mol. The van der Waals surface area contributed by atoms with E-state index in [1.807, 2.05) is 7.05 Å². The van der Waals surface area contributed by atoms with Crippen LogP contribution in [0.5, 0.6) is 0 Å². The van der Waals surface area contributed by atoms with Crippen LogP contribution in [0.2, 0.25) is 0 Å². The molecule has 1 fully saturated rings. The highest BCUT2D eigenvalue weighted by Gasteiger charge is 2.42. The first-order chi connectivity index (χ1) is 8.48. The molecule has 2 heterocycles. The Morgan fingerprint density at radius 1 is 1.44 bits per heavy atom. The summed E-state index contributed by atoms with van der Waals surface area (Å²) in [4.78, 5) is 2.09. The highest BCUT2D eigenvalue weighted by molar-refractivity contribution is 5.78. The number of β-amino-alcohol motifs (C(OH)–C–C–N with tert-alkyl or cyclic N) is 1. The van der Waals surface area contributed by atoms with Crippen molar-refractivity contribution < 1.29 is 13.9 Å². The fourth-order valence-electron chi connectivity index (χ4n) is 2.70. The van der Waals surface area contributed by atoms with Crippen molar-refractivity contribution in [3.8, 4) is 0 Å². The highest BCUT2D eigenvalue weighted by Crippen LogP contribution is 2.37. The van der Waals surface area contributed by atoms with Crippen LogP contribution in [0.4, 0.5) is 4.39 Å². The molecule has 1 aliphatic heterocycles. The lowest BCUT2D eigenvalue weighted by molar-refractivity contribution is 0.0278. The van der Waals surface area contributed by atoms with Crippen LogP contribution in [0.1, 0.15) is 19.1 Å². The van der Waals surface area contributed by atoms with E-state index in [-0.39, 0.29) is 5.82 Å². The summed E-state index contributed by atoms with van der Waals surface area (Å²) in [5.74, 6) is 0.234. The lowest BCUT2D eigenvalue weighted by Gasteiger charge is -2.19. The molecule has 2 aromatic rings. The second kappa shape index (κ2) is 3.80. The Hall–Kier alpha value is -1.39. The summed E-state index contributed by atoms with van der Waals surface area (Å²) in [6, 6.07) is 6.43. The first-order valence-electron chi connectivity index (χ1n) is 6.10. The zero-order valence-corrected chi connectivity index (χ0v) is 10.5. The van der Waals surface area contributed by atoms with Crippen LogP contribution in [0.25, 0.3) is 11.0 Å². The predicted octanol–water partition coefficient (Wildman–Crippen LogP) is 2.48. The number of hydrogen-bond acceptors (Lipinski definition) is 3. The normalized spacial score (nSPS) is 29.2. The quantitative estimate of drug-likeness (QED) is 0.843. The number of likely N-dealkylation sites (tertiary alicyclic amines) is 1. The maximum Gasteiger partial charge on any atom is 0.138 e. The molecule has 1 aromatic carbocycles. The van der Waals surface area contributed by atoms with E-state index >= 15 is 0 Å². The Bertz CT molecular complexity index is 582. The van der Waals surface area contributed by atoms with Crippen LogP contribution < -0.4 is 0 Å². The maximum atomic E-state index is 13.1. The van der Waals surface area contributed by atoms with E-state index in [2.05, 4.69) is 11.8 Å². The molecule has 1 saturated heterocycles. The van der Waals surface area contributed by atoms with E-state index in [4.69, 9.17) is 4.42 Å². The van der Waals surface area contributed by atoms with Gasteiger partial charge in [-0.1, -0.05) is 0 Å². The molecule has 0 radical (unpaired) electrons. The van der Waals surface area contributed by atoms with E-state index < -0.39 is 5.60 Å². The lowest BCUT2D eigenvalue weighted by Crippen LogP contribution is -2.28. The van der Waals surface area contributed by atoms with Crippen LogP contribution in [0, 0.1) is 5.82 Å². The molecule has 18 heavy (non-hydrogen) atoms. The van der Waals surface area contributed by atoms with Gasteiger partial charge in [0.15, 0.2) is 0 Å². The highest BCUT2D eigenvalue weighted by atomic mass is 19.1. The Morgan fingerprint density at radius 2 is 2.22 bits per heavy atom. The van der Waals surface area contributed by atoms with Crippen LogP contribution >= 0.6 is 0 Å². The molecule has 1 aliphatic rings. The van der Waals surface area contributed by atoms with E-state index in [0.29, 0.717) is 35.7 Å². The molecule has 1 aromatic heterocycles. The second-order valence-corrected chi connectivity index (χ2v) is 5.29. The van der Waals surface area contributed by atoms with Gasteiger partial charge in [-0.15, -0.1) is 0 Å². The fraction of sp³-hybridized carbons (Fsp3) is 0.429. The number of hydrogen-bond donors (Lipinski definition) is 1. The second-order valence-electron chi connectivity index (χ2n) is 5.29. The minimum Gasteiger partial charge on any atom is -0.458 e. The number of furan rings is 1. The van der Waals surface area contributed by atoms with Gasteiger partial charge in [0.25, 0.3) is 0 Å². The van der Waals surface area contributed by atoms with Crippen LogP contribution in [0.3, 0.4) is 0 Å². The van der Waals surface area contributed by atoms with Crippen molar-refractivity contribution in [1.82, 2.24) is 4.90 Å². The summed E-state index contributed by atoms with van der Waals surface area (Å²) in [6.45, 7) is 2.61. The molecule has 1 N–H and O–H groups in total. The molecule has 0 spiro atoms. The third kappa shape index (κ3) is 1.72. The molecule has 3 rings (SSSR count). The van der Waals surface area contributed by atoms with Crippen molar-refractivity contribution in [2.45, 2.75) is 25.0 Å². The number of rotatable bonds is 1. The zero-order chi connectivity index (χ0) is 12.9. The Morgan fingerprint density at radius 3 is 2.89 bits per heavy atom. The fourth-order valence-corrected chi connectivity index (χ4v) is 2.70. The van der Waals surface area contributed by atoms with Gasteiger partial charge in [0.05, 0.1) is 0 Å². The van der Waals surface area contributed by atoms with Crippen molar-refractivity contribution >= 4 is 11.0 Å². The SMILES string of the molecule is CC1CC(O)(c2cc3cc(F)ccc3o2)CN1C. The molecule has 3 nitrogen and oxygen atoms in total. The van der Waals surface area contributed by atoms with E-state index in [1.165, 1.54) is 12.1 Å². The van der Waals surface area contributed by atoms with Crippen molar-refractivity contribution in [2.24, 2.45) is 0 Å². The predicted molar refractivity (Wildman–Crippen MR) is 66.8 cm³/mol. The van der Waals surface area contributed by atoms with Crippen LogP contribution in [0.15, 0.2) is 28.7 Å². The molecule has 2 atom stereocenters. The number of fused-ring (bicyclic) bond motifs is 1. The van der Waals surface area contributed by atoms with E-state index in [1.54, 1.807) is 12.1 Å². The van der Waals surface area contributed by atoms with Gasteiger partial charge >= 0.3 is 0 Å². The van der Waals surface area contributed by atoms with Gasteiger partial charge in [0.2, 0.25) is 0 Å². The summed E-state index contributed by atoms with van der Waals surface area (Å²) >= 11 is 0. The first-order valence-corrected chi connectivity index (χ1v) is 6.10. The largest absolute Gasteiger partial charge is 0.458 e. The van der Waals surface area contributed by atoms with Gasteiger partial charge in [-0.05, 0) is 44.7 Å². The number of benzene rings is 1. The van der Waals surface area contributed by atoms with Crippen LogP contribution in [-0.2, 0) is 5.60 Å². The van der Waals surface area contributed by atoms with Gasteiger partial charge in [-0.25, -0.2) is 4.39 Å². The molecule has 0 aliphatic carbocycles. The van der Waals surface area contributed by atoms with Gasteiger partial charge < -0.3 is 14.4 Å². The first kappa shape index (κ1) is 11.7. The molecule has 96 valence electrons. The summed E-state index contributed by atoms with van der Waals surface area (Å²) in [6.07, 6.45) is 0.631. The number of likely N-dealkylation sites (N-methyl/N-ethyl adjacent to an activating group) is 1. The Kier molecular flexibility index (Phi) is 2.47. The lowest BCUT2D eigenvalue weighted by atomic mass is 9.97. The van der Waals surface area contributed by atoms with Gasteiger partial charge in [-0.3, -0.25) is 0 Å².